The van der Waals surface area contributed by atoms with Crippen molar-refractivity contribution in [2.75, 3.05) is 7.11 Å². The molecule has 0 spiro atoms. The van der Waals surface area contributed by atoms with Crippen LogP contribution in [0.3, 0.4) is 0 Å². The molecule has 0 aliphatic rings. The van der Waals surface area contributed by atoms with Gasteiger partial charge >= 0.3 is 0 Å². The topological polar surface area (TPSA) is 59.4 Å². The standard InChI is InChI=1S/C25H18BrN3O2S/c1-31-23-12-9-17(13-22(23)26)21-14-27-24-20(15-28-29(24)25(21)30)16-7-10-19(11-8-16)32-18-5-3-2-4-6-18/h2-15,28H,1H3. The summed E-state index contributed by atoms with van der Waals surface area (Å²) in [7, 11) is 1.61. The first kappa shape index (κ1) is 20.6. The maximum atomic E-state index is 13.1. The largest absolute Gasteiger partial charge is 0.496 e. The highest BCUT2D eigenvalue weighted by Crippen LogP contribution is 2.32. The third-order valence-corrected chi connectivity index (χ3v) is 6.78. The zero-order chi connectivity index (χ0) is 22.1. The van der Waals surface area contributed by atoms with Gasteiger partial charge in [-0.15, -0.1) is 0 Å². The van der Waals surface area contributed by atoms with Crippen molar-refractivity contribution in [2.24, 2.45) is 0 Å². The summed E-state index contributed by atoms with van der Waals surface area (Å²) in [6.45, 7) is 0. The molecular weight excluding hydrogens is 486 g/mol. The molecule has 5 nitrogen and oxygen atoms in total. The molecule has 1 N–H and O–H groups in total. The van der Waals surface area contributed by atoms with Gasteiger partial charge in [0.2, 0.25) is 0 Å². The summed E-state index contributed by atoms with van der Waals surface area (Å²) in [6, 6.07) is 24.1. The number of nitrogens with zero attached hydrogens (tertiary/aromatic N) is 2. The van der Waals surface area contributed by atoms with Crippen molar-refractivity contribution in [1.29, 1.82) is 0 Å². The van der Waals surface area contributed by atoms with E-state index < -0.39 is 0 Å². The Morgan fingerprint density at radius 3 is 2.38 bits per heavy atom. The van der Waals surface area contributed by atoms with Crippen LogP contribution in [0.5, 0.6) is 5.75 Å². The summed E-state index contributed by atoms with van der Waals surface area (Å²) in [5.74, 6) is 0.707. The van der Waals surface area contributed by atoms with Gasteiger partial charge in [-0.2, -0.15) is 0 Å². The highest BCUT2D eigenvalue weighted by atomic mass is 79.9. The Kier molecular flexibility index (Phi) is 5.59. The minimum atomic E-state index is -0.158. The molecule has 0 unspecified atom stereocenters. The molecule has 0 aliphatic heterocycles. The lowest BCUT2D eigenvalue weighted by Crippen LogP contribution is -2.16. The molecule has 0 saturated carbocycles. The molecule has 7 heteroatoms. The third-order valence-electron chi connectivity index (χ3n) is 5.15. The second-order valence-electron chi connectivity index (χ2n) is 7.11. The molecule has 0 amide bonds. The number of aromatic nitrogens is 3. The third kappa shape index (κ3) is 3.85. The number of methoxy groups -OCH3 is 1. The summed E-state index contributed by atoms with van der Waals surface area (Å²) >= 11 is 5.19. The summed E-state index contributed by atoms with van der Waals surface area (Å²) in [5, 5.41) is 3.06. The monoisotopic (exact) mass is 503 g/mol. The van der Waals surface area contributed by atoms with Crippen LogP contribution < -0.4 is 10.3 Å². The Morgan fingerprint density at radius 1 is 0.938 bits per heavy atom. The van der Waals surface area contributed by atoms with Crippen LogP contribution in [0.1, 0.15) is 0 Å². The van der Waals surface area contributed by atoms with Gasteiger partial charge in [0.1, 0.15) is 5.75 Å². The van der Waals surface area contributed by atoms with Gasteiger partial charge in [0.15, 0.2) is 5.65 Å². The van der Waals surface area contributed by atoms with Crippen LogP contribution in [0, 0.1) is 0 Å². The van der Waals surface area contributed by atoms with Crippen molar-refractivity contribution in [3.63, 3.8) is 0 Å². The molecule has 5 aromatic rings. The molecule has 0 radical (unpaired) electrons. The predicted molar refractivity (Wildman–Crippen MR) is 132 cm³/mol. The van der Waals surface area contributed by atoms with E-state index in [0.717, 1.165) is 26.1 Å². The maximum absolute atomic E-state index is 13.1. The number of ether oxygens (including phenoxy) is 1. The molecule has 2 heterocycles. The van der Waals surface area contributed by atoms with E-state index in [1.54, 1.807) is 25.1 Å². The van der Waals surface area contributed by atoms with Gasteiger partial charge in [0, 0.05) is 27.7 Å². The van der Waals surface area contributed by atoms with Crippen molar-refractivity contribution in [3.05, 3.63) is 100 Å². The fourth-order valence-electron chi connectivity index (χ4n) is 3.53. The molecule has 0 atom stereocenters. The summed E-state index contributed by atoms with van der Waals surface area (Å²) in [6.07, 6.45) is 3.44. The van der Waals surface area contributed by atoms with Gasteiger partial charge in [0.05, 0.1) is 17.1 Å². The minimum absolute atomic E-state index is 0.158. The lowest BCUT2D eigenvalue weighted by atomic mass is 10.1. The molecule has 3 aromatic carbocycles. The average Bonchev–Trinajstić information content (AvgIpc) is 3.26. The number of nitrogens with one attached hydrogen (secondary N) is 1. The summed E-state index contributed by atoms with van der Waals surface area (Å²) in [4.78, 5) is 20.1. The highest BCUT2D eigenvalue weighted by Gasteiger charge is 2.14. The Bertz CT molecular complexity index is 1460. The van der Waals surface area contributed by atoms with Gasteiger partial charge in [-0.05, 0) is 63.5 Å². The van der Waals surface area contributed by atoms with Crippen molar-refractivity contribution < 1.29 is 4.74 Å². The van der Waals surface area contributed by atoms with Crippen molar-refractivity contribution in [3.8, 4) is 28.0 Å². The first-order valence-electron chi connectivity index (χ1n) is 9.90. The SMILES string of the molecule is COc1ccc(-c2cnc3c(-c4ccc(Sc5ccccc5)cc4)c[nH]n3c2=O)cc1Br. The first-order chi connectivity index (χ1) is 15.6. The molecule has 0 fully saturated rings. The van der Waals surface area contributed by atoms with E-state index in [1.807, 2.05) is 42.6 Å². The first-order valence-corrected chi connectivity index (χ1v) is 11.5. The Balaban J connectivity index is 1.48. The number of fused-ring (bicyclic) bond motifs is 1. The van der Waals surface area contributed by atoms with Crippen LogP contribution in [0.15, 0.2) is 104 Å². The van der Waals surface area contributed by atoms with Gasteiger partial charge in [0.25, 0.3) is 5.56 Å². The molecule has 32 heavy (non-hydrogen) atoms. The maximum Gasteiger partial charge on any atom is 0.280 e. The van der Waals surface area contributed by atoms with Crippen molar-refractivity contribution in [1.82, 2.24) is 14.6 Å². The van der Waals surface area contributed by atoms with Crippen molar-refractivity contribution >= 4 is 33.3 Å². The fourth-order valence-corrected chi connectivity index (χ4v) is 4.91. The molecule has 2 aromatic heterocycles. The average molecular weight is 504 g/mol. The van der Waals surface area contributed by atoms with Crippen LogP contribution in [-0.2, 0) is 0 Å². The number of hydrogen-bond donors (Lipinski definition) is 1. The van der Waals surface area contributed by atoms with E-state index in [4.69, 9.17) is 4.74 Å². The van der Waals surface area contributed by atoms with Gasteiger partial charge in [-0.1, -0.05) is 48.2 Å². The number of hydrogen-bond acceptors (Lipinski definition) is 4. The van der Waals surface area contributed by atoms with Crippen LogP contribution in [0.25, 0.3) is 27.9 Å². The summed E-state index contributed by atoms with van der Waals surface area (Å²) < 4.78 is 7.54. The lowest BCUT2D eigenvalue weighted by Gasteiger charge is -2.07. The van der Waals surface area contributed by atoms with Crippen molar-refractivity contribution in [2.45, 2.75) is 9.79 Å². The van der Waals surface area contributed by atoms with E-state index in [2.05, 4.69) is 62.4 Å². The van der Waals surface area contributed by atoms with E-state index >= 15 is 0 Å². The van der Waals surface area contributed by atoms with Gasteiger partial charge in [-0.3, -0.25) is 9.89 Å². The van der Waals surface area contributed by atoms with Gasteiger partial charge < -0.3 is 4.74 Å². The Hall–Kier alpha value is -3.29. The van der Waals surface area contributed by atoms with E-state index in [-0.39, 0.29) is 5.56 Å². The molecular formula is C25H18BrN3O2S. The van der Waals surface area contributed by atoms with Crippen LogP contribution in [-0.4, -0.2) is 21.7 Å². The van der Waals surface area contributed by atoms with Crippen LogP contribution in [0.2, 0.25) is 0 Å². The number of aromatic amines is 1. The molecule has 0 bridgehead atoms. The number of H-pyrrole nitrogens is 1. The smallest absolute Gasteiger partial charge is 0.280 e. The molecule has 0 saturated heterocycles. The number of halogens is 1. The molecule has 5 rings (SSSR count). The fraction of sp³-hybridized carbons (Fsp3) is 0.0400. The number of benzene rings is 3. The van der Waals surface area contributed by atoms with Gasteiger partial charge in [-0.25, -0.2) is 9.50 Å². The second kappa shape index (κ2) is 8.68. The Morgan fingerprint density at radius 2 is 1.66 bits per heavy atom. The zero-order valence-electron chi connectivity index (χ0n) is 17.1. The molecule has 0 aliphatic carbocycles. The predicted octanol–water partition coefficient (Wildman–Crippen LogP) is 6.28. The quantitative estimate of drug-likeness (QED) is 0.306. The van der Waals surface area contributed by atoms with E-state index in [9.17, 15) is 4.79 Å². The normalized spacial score (nSPS) is 11.1. The highest BCUT2D eigenvalue weighted by molar-refractivity contribution is 9.10. The molecule has 158 valence electrons. The lowest BCUT2D eigenvalue weighted by molar-refractivity contribution is 0.412. The second-order valence-corrected chi connectivity index (χ2v) is 9.11. The summed E-state index contributed by atoms with van der Waals surface area (Å²) in [5.41, 5.74) is 3.58. The zero-order valence-corrected chi connectivity index (χ0v) is 19.5. The van der Waals surface area contributed by atoms with Crippen LogP contribution in [0.4, 0.5) is 0 Å². The van der Waals surface area contributed by atoms with E-state index in [0.29, 0.717) is 17.0 Å². The Labute approximate surface area is 197 Å². The minimum Gasteiger partial charge on any atom is -0.496 e. The van der Waals surface area contributed by atoms with Crippen LogP contribution >= 0.6 is 27.7 Å². The number of rotatable bonds is 5. The van der Waals surface area contributed by atoms with E-state index in [1.165, 1.54) is 9.41 Å².